The van der Waals surface area contributed by atoms with Gasteiger partial charge in [0.2, 0.25) is 23.6 Å². The molecule has 1 fully saturated rings. The summed E-state index contributed by atoms with van der Waals surface area (Å²) in [5.41, 5.74) is 8.02. The van der Waals surface area contributed by atoms with Gasteiger partial charge in [-0.1, -0.05) is 30.0 Å². The molecule has 6 atom stereocenters. The van der Waals surface area contributed by atoms with Crippen molar-refractivity contribution in [3.8, 4) is 5.75 Å². The molecule has 3 aromatic rings. The number of carbonyl (C=O) groups excluding carboxylic acids is 2. The summed E-state index contributed by atoms with van der Waals surface area (Å²) in [7, 11) is 0.427. The minimum atomic E-state index is -4.76. The molecule has 2 amide bonds. The summed E-state index contributed by atoms with van der Waals surface area (Å²) in [6.45, 7) is 1.36. The van der Waals surface area contributed by atoms with Crippen LogP contribution in [0.4, 0.5) is 5.82 Å². The molecule has 1 aromatic carbocycles. The van der Waals surface area contributed by atoms with E-state index in [-0.39, 0.29) is 18.9 Å². The van der Waals surface area contributed by atoms with E-state index in [4.69, 9.17) is 24.3 Å². The minimum absolute atomic E-state index is 0.0861. The van der Waals surface area contributed by atoms with Crippen molar-refractivity contribution >= 4 is 36.6 Å². The third-order valence-corrected chi connectivity index (χ3v) is 8.79. The van der Waals surface area contributed by atoms with Crippen molar-refractivity contribution in [2.24, 2.45) is 5.73 Å². The van der Waals surface area contributed by atoms with Crippen molar-refractivity contribution in [1.29, 1.82) is 0 Å². The zero-order valence-electron chi connectivity index (χ0n) is 27.5. The molecule has 1 saturated heterocycles. The summed E-state index contributed by atoms with van der Waals surface area (Å²) >= 11 is 0. The van der Waals surface area contributed by atoms with Crippen molar-refractivity contribution in [2.45, 2.75) is 69.5 Å². The molecule has 0 aliphatic carbocycles. The lowest BCUT2D eigenvalue weighted by Crippen LogP contribution is -2.55. The summed E-state index contributed by atoms with van der Waals surface area (Å²) in [5.74, 6) is 0.578. The van der Waals surface area contributed by atoms with Gasteiger partial charge in [-0.25, -0.2) is 4.57 Å². The first-order chi connectivity index (χ1) is 22.9. The summed E-state index contributed by atoms with van der Waals surface area (Å²) in [6.07, 6.45) is 2.27. The van der Waals surface area contributed by atoms with Gasteiger partial charge in [0.1, 0.15) is 18.0 Å². The van der Waals surface area contributed by atoms with Gasteiger partial charge in [-0.2, -0.15) is 4.98 Å². The van der Waals surface area contributed by atoms with E-state index in [1.165, 1.54) is 13.3 Å². The lowest BCUT2D eigenvalue weighted by molar-refractivity contribution is -0.745. The second-order valence-corrected chi connectivity index (χ2v) is 13.1. The average Bonchev–Trinajstić information content (AvgIpc) is 3.61. The van der Waals surface area contributed by atoms with Crippen LogP contribution in [0, 0.1) is 0 Å². The molecule has 18 heteroatoms. The summed E-state index contributed by atoms with van der Waals surface area (Å²) < 4.78 is 35.7. The molecular weight excluding hydrogens is 647 g/mol. The Morgan fingerprint density at radius 3 is 2.60 bits per heavy atom. The second-order valence-electron chi connectivity index (χ2n) is 11.7. The number of aromatic nitrogens is 4. The average molecular weight is 693 g/mol. The number of H-pyrrole nitrogens is 1. The van der Waals surface area contributed by atoms with Crippen LogP contribution in [0.25, 0.3) is 11.2 Å². The number of rotatable bonds is 18. The monoisotopic (exact) mass is 692 g/mol. The van der Waals surface area contributed by atoms with Gasteiger partial charge in [0.05, 0.1) is 32.4 Å². The highest BCUT2D eigenvalue weighted by atomic mass is 31.2. The Morgan fingerprint density at radius 1 is 1.19 bits per heavy atom. The number of nitrogens with zero attached hydrogens (tertiary/aromatic N) is 4. The van der Waals surface area contributed by atoms with E-state index in [9.17, 15) is 24.2 Å². The Kier molecular flexibility index (Phi) is 13.2. The van der Waals surface area contributed by atoms with Gasteiger partial charge >= 0.3 is 5.65 Å². The molecule has 1 aliphatic heterocycles. The number of hydrogen-bond donors (Lipinski definition) is 5. The molecule has 48 heavy (non-hydrogen) atoms. The van der Waals surface area contributed by atoms with E-state index in [1.54, 1.807) is 47.2 Å². The van der Waals surface area contributed by atoms with Gasteiger partial charge in [-0.15, -0.1) is 0 Å². The molecule has 0 spiro atoms. The Hall–Kier alpha value is -3.70. The molecule has 4 rings (SSSR count). The third-order valence-electron chi connectivity index (χ3n) is 7.82. The number of anilines is 1. The molecule has 0 radical (unpaired) electrons. The number of phosphoric acid groups is 1. The highest BCUT2D eigenvalue weighted by Crippen LogP contribution is 2.40. The van der Waals surface area contributed by atoms with Gasteiger partial charge < -0.3 is 49.8 Å². The largest absolute Gasteiger partial charge is 0.756 e. The predicted octanol–water partition coefficient (Wildman–Crippen LogP) is -0.169. The van der Waals surface area contributed by atoms with Crippen LogP contribution in [0.15, 0.2) is 36.9 Å². The van der Waals surface area contributed by atoms with E-state index in [0.29, 0.717) is 42.1 Å². The first kappa shape index (κ1) is 37.1. The van der Waals surface area contributed by atoms with Crippen molar-refractivity contribution in [1.82, 2.24) is 25.6 Å². The van der Waals surface area contributed by atoms with E-state index in [1.807, 2.05) is 14.1 Å². The van der Waals surface area contributed by atoms with Crippen LogP contribution < -0.4 is 35.5 Å². The number of aliphatic hydroxyl groups is 1. The number of ether oxygens (including phenoxy) is 2. The Morgan fingerprint density at radius 2 is 1.92 bits per heavy atom. The number of unbranched alkanes of at least 4 members (excludes halogenated alkanes) is 3. The number of nitrogens with two attached hydrogens (primary N) is 1. The number of imidazole rings is 1. The number of fused-ring (bicyclic) bond motifs is 1. The SMILES string of the molecule is COc1ccc(CC(N)C(=O)NC2C(COP(=O)([O-])OCCCCCCNC(C)=O)OC([n+]3c[nH]c4c(N(C)C)ncnc43)C2O)cc1. The molecule has 264 valence electrons. The number of aliphatic hydroxyl groups excluding tert-OH is 1. The van der Waals surface area contributed by atoms with Crippen molar-refractivity contribution < 1.29 is 47.2 Å². The lowest BCUT2D eigenvalue weighted by atomic mass is 10.0. The molecule has 2 aromatic heterocycles. The third kappa shape index (κ3) is 9.92. The predicted molar refractivity (Wildman–Crippen MR) is 172 cm³/mol. The number of benzene rings is 1. The number of phosphoric ester groups is 1. The normalized spacial score (nSPS) is 21.1. The minimum Gasteiger partial charge on any atom is -0.756 e. The van der Waals surface area contributed by atoms with E-state index in [0.717, 1.165) is 18.4 Å². The number of hydrogen-bond acceptors (Lipinski definition) is 13. The fourth-order valence-corrected chi connectivity index (χ4v) is 6.07. The Bertz CT molecular complexity index is 1560. The molecule has 6 unspecified atom stereocenters. The molecular formula is C30H45N8O9P. The van der Waals surface area contributed by atoms with E-state index >= 15 is 0 Å². The standard InChI is InChI=1S/C30H45N8O9P/c1-19(39)32-13-7-5-6-8-14-45-48(42,43)46-16-23-24(36-29(41)22(31)15-20-9-11-21(44-4)12-10-20)26(40)30(47-23)38-18-35-25-27(37(2)3)33-17-34-28(25)38/h9-12,17-18,22-24,26,30,40H,5-8,13-16,31H2,1-4H3,(H3,32,36,39,41,42,43). The van der Waals surface area contributed by atoms with Crippen LogP contribution in [-0.2, 0) is 34.4 Å². The molecule has 1 aliphatic rings. The van der Waals surface area contributed by atoms with Crippen LogP contribution in [0.2, 0.25) is 0 Å². The molecule has 3 heterocycles. The lowest BCUT2D eigenvalue weighted by Gasteiger charge is -2.27. The first-order valence-electron chi connectivity index (χ1n) is 15.7. The van der Waals surface area contributed by atoms with Crippen LogP contribution in [-0.4, -0.2) is 97.1 Å². The highest BCUT2D eigenvalue weighted by Gasteiger charge is 2.49. The number of methoxy groups -OCH3 is 1. The van der Waals surface area contributed by atoms with Crippen molar-refractivity contribution in [2.75, 3.05) is 45.9 Å². The van der Waals surface area contributed by atoms with Gasteiger partial charge in [0.25, 0.3) is 7.82 Å². The zero-order valence-corrected chi connectivity index (χ0v) is 28.4. The Balaban J connectivity index is 1.43. The quantitative estimate of drug-likeness (QED) is 0.0663. The van der Waals surface area contributed by atoms with Crippen molar-refractivity contribution in [3.05, 3.63) is 42.5 Å². The number of carbonyl (C=O) groups is 2. The zero-order chi connectivity index (χ0) is 34.8. The first-order valence-corrected chi connectivity index (χ1v) is 17.1. The summed E-state index contributed by atoms with van der Waals surface area (Å²) in [6, 6.07) is 5.00. The van der Waals surface area contributed by atoms with Gasteiger partial charge in [0, 0.05) is 27.6 Å². The molecule has 17 nitrogen and oxygen atoms in total. The maximum Gasteiger partial charge on any atom is 0.309 e. The topological polar surface area (TPSA) is 230 Å². The molecule has 0 bridgehead atoms. The number of nitrogens with one attached hydrogen (secondary N) is 3. The second kappa shape index (κ2) is 17.1. The van der Waals surface area contributed by atoms with Crippen LogP contribution in [0.3, 0.4) is 0 Å². The maximum absolute atomic E-state index is 13.3. The van der Waals surface area contributed by atoms with Crippen LogP contribution in [0.1, 0.15) is 44.4 Å². The fraction of sp³-hybridized carbons (Fsp3) is 0.567. The smallest absolute Gasteiger partial charge is 0.309 e. The van der Waals surface area contributed by atoms with Gasteiger partial charge in [-0.05, 0) is 37.0 Å². The molecule has 6 N–H and O–H groups in total. The van der Waals surface area contributed by atoms with E-state index in [2.05, 4.69) is 25.6 Å². The molecule has 0 saturated carbocycles. The van der Waals surface area contributed by atoms with Crippen LogP contribution in [0.5, 0.6) is 5.75 Å². The summed E-state index contributed by atoms with van der Waals surface area (Å²) in [5, 5.41) is 16.9. The number of aromatic amines is 1. The van der Waals surface area contributed by atoms with Crippen LogP contribution >= 0.6 is 7.82 Å². The highest BCUT2D eigenvalue weighted by molar-refractivity contribution is 7.45. The van der Waals surface area contributed by atoms with E-state index < -0.39 is 50.9 Å². The van der Waals surface area contributed by atoms with Gasteiger partial charge in [-0.3, -0.25) is 19.1 Å². The van der Waals surface area contributed by atoms with Crippen molar-refractivity contribution in [3.63, 3.8) is 0 Å². The summed E-state index contributed by atoms with van der Waals surface area (Å²) in [4.78, 5) is 50.3. The fourth-order valence-electron chi connectivity index (χ4n) is 5.32. The Labute approximate surface area is 278 Å². The number of amides is 2. The van der Waals surface area contributed by atoms with Gasteiger partial charge in [0.15, 0.2) is 18.5 Å². The maximum atomic E-state index is 13.3.